The van der Waals surface area contributed by atoms with Crippen LogP contribution in [0.2, 0.25) is 0 Å². The van der Waals surface area contributed by atoms with Crippen molar-refractivity contribution in [2.45, 2.75) is 12.2 Å². The van der Waals surface area contributed by atoms with Crippen molar-refractivity contribution in [3.05, 3.63) is 65.0 Å². The number of fused-ring (bicyclic) bond motifs is 1. The lowest BCUT2D eigenvalue weighted by Crippen LogP contribution is -2.59. The number of nitrogens with zero attached hydrogens (tertiary/aromatic N) is 1. The van der Waals surface area contributed by atoms with E-state index in [2.05, 4.69) is 0 Å². The van der Waals surface area contributed by atoms with Gasteiger partial charge >= 0.3 is 5.97 Å². The molecule has 0 saturated carbocycles. The summed E-state index contributed by atoms with van der Waals surface area (Å²) in [5.41, 5.74) is 4.79. The van der Waals surface area contributed by atoms with Gasteiger partial charge in [-0.3, -0.25) is 10.5 Å². The van der Waals surface area contributed by atoms with Gasteiger partial charge < -0.3 is 14.7 Å². The second-order valence-corrected chi connectivity index (χ2v) is 5.46. The van der Waals surface area contributed by atoms with E-state index in [0.717, 1.165) is 17.0 Å². The molecule has 1 amide bonds. The van der Waals surface area contributed by atoms with E-state index >= 15 is 0 Å². The molecule has 0 aliphatic carbocycles. The predicted octanol–water partition coefficient (Wildman–Crippen LogP) is 1.69. The number of amides is 1. The number of carboxylic acids is 1. The van der Waals surface area contributed by atoms with Gasteiger partial charge in [0.2, 0.25) is 5.66 Å². The van der Waals surface area contributed by atoms with Crippen LogP contribution in [0.4, 0.5) is 4.39 Å². The monoisotopic (exact) mass is 330 g/mol. The van der Waals surface area contributed by atoms with Crippen LogP contribution in [0.15, 0.2) is 42.5 Å². The summed E-state index contributed by atoms with van der Waals surface area (Å²) in [5, 5.41) is 9.76. The molecular weight excluding hydrogens is 315 g/mol. The third-order valence-electron chi connectivity index (χ3n) is 4.15. The fourth-order valence-electron chi connectivity index (χ4n) is 2.89. The highest BCUT2D eigenvalue weighted by molar-refractivity contribution is 6.01. The van der Waals surface area contributed by atoms with E-state index in [4.69, 9.17) is 10.5 Å². The van der Waals surface area contributed by atoms with Crippen molar-refractivity contribution < 1.29 is 23.8 Å². The van der Waals surface area contributed by atoms with Gasteiger partial charge in [0.15, 0.2) is 0 Å². The molecule has 1 heterocycles. The van der Waals surface area contributed by atoms with Crippen molar-refractivity contribution in [2.24, 2.45) is 5.73 Å². The Morgan fingerprint density at radius 3 is 2.67 bits per heavy atom. The second-order valence-electron chi connectivity index (χ2n) is 5.46. The number of aliphatic carboxylic acids is 1. The number of hydrogen-bond acceptors (Lipinski definition) is 4. The van der Waals surface area contributed by atoms with Crippen LogP contribution in [0.3, 0.4) is 0 Å². The van der Waals surface area contributed by atoms with Gasteiger partial charge in [0.1, 0.15) is 11.6 Å². The molecule has 2 aromatic rings. The first kappa shape index (κ1) is 15.9. The van der Waals surface area contributed by atoms with Crippen molar-refractivity contribution in [1.29, 1.82) is 0 Å². The zero-order valence-electron chi connectivity index (χ0n) is 12.8. The van der Waals surface area contributed by atoms with E-state index in [1.54, 1.807) is 24.3 Å². The fourth-order valence-corrected chi connectivity index (χ4v) is 2.89. The quantitative estimate of drug-likeness (QED) is 0.890. The van der Waals surface area contributed by atoms with Gasteiger partial charge in [-0.25, -0.2) is 9.18 Å². The molecule has 1 atom stereocenters. The normalized spacial score (nSPS) is 15.8. The topological polar surface area (TPSA) is 92.9 Å². The van der Waals surface area contributed by atoms with Crippen LogP contribution >= 0.6 is 0 Å². The van der Waals surface area contributed by atoms with Crippen molar-refractivity contribution >= 4 is 11.9 Å². The molecule has 0 fully saturated rings. The molecule has 2 aromatic carbocycles. The van der Waals surface area contributed by atoms with Crippen LogP contribution in [0.1, 0.15) is 21.5 Å². The molecule has 1 aliphatic rings. The third-order valence-corrected chi connectivity index (χ3v) is 4.15. The van der Waals surface area contributed by atoms with Crippen molar-refractivity contribution in [3.63, 3.8) is 0 Å². The van der Waals surface area contributed by atoms with Crippen LogP contribution in [0, 0.1) is 5.82 Å². The molecule has 3 N–H and O–H groups in total. The van der Waals surface area contributed by atoms with Crippen molar-refractivity contribution in [1.82, 2.24) is 4.90 Å². The molecule has 7 heteroatoms. The summed E-state index contributed by atoms with van der Waals surface area (Å²) >= 11 is 0. The maximum Gasteiger partial charge on any atom is 0.349 e. The number of nitrogens with two attached hydrogens (primary N) is 1. The van der Waals surface area contributed by atoms with E-state index < -0.39 is 23.4 Å². The van der Waals surface area contributed by atoms with E-state index in [9.17, 15) is 19.1 Å². The number of carbonyl (C=O) groups excluding carboxylic acids is 1. The number of carbonyl (C=O) groups is 2. The van der Waals surface area contributed by atoms with Crippen LogP contribution in [0.25, 0.3) is 0 Å². The Morgan fingerprint density at radius 2 is 2.04 bits per heavy atom. The number of rotatable bonds is 4. The minimum Gasteiger partial charge on any atom is -0.496 e. The fraction of sp³-hybridized carbons (Fsp3) is 0.176. The molecule has 0 spiro atoms. The summed E-state index contributed by atoms with van der Waals surface area (Å²) in [5.74, 6) is -2.59. The first-order valence-electron chi connectivity index (χ1n) is 7.15. The third kappa shape index (κ3) is 2.21. The number of ether oxygens (including phenoxy) is 1. The van der Waals surface area contributed by atoms with Gasteiger partial charge in [0.25, 0.3) is 5.91 Å². The summed E-state index contributed by atoms with van der Waals surface area (Å²) in [7, 11) is 1.32. The van der Waals surface area contributed by atoms with Crippen molar-refractivity contribution in [2.75, 3.05) is 7.11 Å². The number of benzene rings is 2. The Labute approximate surface area is 137 Å². The zero-order valence-corrected chi connectivity index (χ0v) is 12.8. The highest BCUT2D eigenvalue weighted by Gasteiger charge is 2.50. The summed E-state index contributed by atoms with van der Waals surface area (Å²) in [4.78, 5) is 25.7. The molecule has 1 aliphatic heterocycles. The Bertz CT molecular complexity index is 839. The van der Waals surface area contributed by atoms with Crippen LogP contribution < -0.4 is 10.5 Å². The molecular formula is C17H15FN2O4. The Kier molecular flexibility index (Phi) is 3.73. The molecule has 0 bridgehead atoms. The average Bonchev–Trinajstić information content (AvgIpc) is 2.91. The SMILES string of the molecule is COc1ccc(F)cc1C(N)(C(=O)O)N1Cc2ccccc2C1=O. The molecule has 0 aromatic heterocycles. The second kappa shape index (κ2) is 5.61. The van der Waals surface area contributed by atoms with Gasteiger partial charge in [-0.15, -0.1) is 0 Å². The predicted molar refractivity (Wildman–Crippen MR) is 82.8 cm³/mol. The summed E-state index contributed by atoms with van der Waals surface area (Å²) in [6.45, 7) is 0.0114. The van der Waals surface area contributed by atoms with Crippen LogP contribution in [-0.2, 0) is 17.0 Å². The number of halogens is 1. The maximum absolute atomic E-state index is 13.7. The van der Waals surface area contributed by atoms with Crippen molar-refractivity contribution in [3.8, 4) is 5.75 Å². The highest BCUT2D eigenvalue weighted by Crippen LogP contribution is 2.37. The first-order valence-corrected chi connectivity index (χ1v) is 7.15. The molecule has 24 heavy (non-hydrogen) atoms. The number of carboxylic acid groups (broad SMARTS) is 1. The van der Waals surface area contributed by atoms with Gasteiger partial charge in [0, 0.05) is 17.7 Å². The molecule has 3 rings (SSSR count). The molecule has 0 radical (unpaired) electrons. The minimum atomic E-state index is -2.26. The summed E-state index contributed by atoms with van der Waals surface area (Å²) < 4.78 is 18.8. The van der Waals surface area contributed by atoms with E-state index in [-0.39, 0.29) is 17.9 Å². The molecule has 6 nitrogen and oxygen atoms in total. The lowest BCUT2D eigenvalue weighted by atomic mass is 9.97. The van der Waals surface area contributed by atoms with E-state index in [1.165, 1.54) is 13.2 Å². The maximum atomic E-state index is 13.7. The Balaban J connectivity index is 2.17. The Morgan fingerprint density at radius 1 is 1.33 bits per heavy atom. The lowest BCUT2D eigenvalue weighted by molar-refractivity contribution is -0.150. The smallest absolute Gasteiger partial charge is 0.349 e. The van der Waals surface area contributed by atoms with Crippen LogP contribution in [-0.4, -0.2) is 29.0 Å². The summed E-state index contributed by atoms with van der Waals surface area (Å²) in [6, 6.07) is 10.1. The highest BCUT2D eigenvalue weighted by atomic mass is 19.1. The van der Waals surface area contributed by atoms with Crippen LogP contribution in [0.5, 0.6) is 5.75 Å². The molecule has 1 unspecified atom stereocenters. The lowest BCUT2D eigenvalue weighted by Gasteiger charge is -2.35. The Hall–Kier alpha value is -2.93. The zero-order chi connectivity index (χ0) is 17.5. The number of hydrogen-bond donors (Lipinski definition) is 2. The van der Waals surface area contributed by atoms with Gasteiger partial charge in [-0.2, -0.15) is 0 Å². The molecule has 0 saturated heterocycles. The number of methoxy groups -OCH3 is 1. The average molecular weight is 330 g/mol. The minimum absolute atomic E-state index is 0.0114. The summed E-state index contributed by atoms with van der Waals surface area (Å²) in [6.07, 6.45) is 0. The largest absolute Gasteiger partial charge is 0.496 e. The van der Waals surface area contributed by atoms with Gasteiger partial charge in [0.05, 0.1) is 7.11 Å². The van der Waals surface area contributed by atoms with Gasteiger partial charge in [-0.05, 0) is 29.8 Å². The first-order chi connectivity index (χ1) is 11.4. The standard InChI is InChI=1S/C17H15FN2O4/c1-24-14-7-6-11(18)8-13(14)17(19,16(22)23)20-9-10-4-2-3-5-12(10)15(20)21/h2-8H,9,19H2,1H3,(H,22,23). The van der Waals surface area contributed by atoms with E-state index in [1.807, 2.05) is 0 Å². The van der Waals surface area contributed by atoms with Gasteiger partial charge in [-0.1, -0.05) is 18.2 Å². The van der Waals surface area contributed by atoms with E-state index in [0.29, 0.717) is 11.1 Å². The molecule has 124 valence electrons.